The van der Waals surface area contributed by atoms with E-state index in [4.69, 9.17) is 4.74 Å². The summed E-state index contributed by atoms with van der Waals surface area (Å²) in [6.45, 7) is 2.27. The second-order valence-electron chi connectivity index (χ2n) is 5.01. The van der Waals surface area contributed by atoms with Crippen LogP contribution in [0.15, 0.2) is 30.3 Å². The van der Waals surface area contributed by atoms with Gasteiger partial charge in [0, 0.05) is 0 Å². The Morgan fingerprint density at radius 1 is 0.947 bits per heavy atom. The van der Waals surface area contributed by atoms with Gasteiger partial charge in [0.1, 0.15) is 0 Å². The van der Waals surface area contributed by atoms with E-state index in [1.54, 1.807) is 0 Å². The Labute approximate surface area is 125 Å². The van der Waals surface area contributed by atoms with Crippen molar-refractivity contribution in [2.75, 3.05) is 7.11 Å². The molecule has 1 aromatic rings. The molecule has 0 amide bonds. The number of hydrogen-bond donors (Lipinski definition) is 0. The molecule has 0 aromatic heterocycles. The Balaban J connectivity index is 2.09. The molecule has 0 saturated carbocycles. The van der Waals surface area contributed by atoms with E-state index in [2.05, 4.69) is 37.3 Å². The van der Waals surface area contributed by atoms with Crippen LogP contribution in [0.4, 0.5) is 0 Å². The SMILES string of the molecule is CCCCCCCCCC(OC)[Se]c1ccccc1. The molecular formula is C17H28OSe. The zero-order valence-corrected chi connectivity index (χ0v) is 14.2. The van der Waals surface area contributed by atoms with Crippen molar-refractivity contribution < 1.29 is 4.74 Å². The van der Waals surface area contributed by atoms with Crippen LogP contribution < -0.4 is 4.46 Å². The maximum atomic E-state index is 5.63. The van der Waals surface area contributed by atoms with E-state index in [-0.39, 0.29) is 0 Å². The summed E-state index contributed by atoms with van der Waals surface area (Å²) in [4.78, 5) is 0. The molecule has 1 nitrogen and oxygen atoms in total. The predicted octanol–water partition coefficient (Wildman–Crippen LogP) is 4.13. The van der Waals surface area contributed by atoms with Crippen LogP contribution in [0.1, 0.15) is 58.3 Å². The fourth-order valence-corrected chi connectivity index (χ4v) is 4.24. The van der Waals surface area contributed by atoms with Crippen molar-refractivity contribution in [3.05, 3.63) is 30.3 Å². The summed E-state index contributed by atoms with van der Waals surface area (Å²) in [5.41, 5.74) is 0. The van der Waals surface area contributed by atoms with Crippen LogP contribution >= 0.6 is 0 Å². The van der Waals surface area contributed by atoms with Gasteiger partial charge in [0.15, 0.2) is 0 Å². The summed E-state index contributed by atoms with van der Waals surface area (Å²) in [5.74, 6) is 0. The van der Waals surface area contributed by atoms with Gasteiger partial charge in [0.05, 0.1) is 0 Å². The van der Waals surface area contributed by atoms with Gasteiger partial charge in [-0.3, -0.25) is 0 Å². The van der Waals surface area contributed by atoms with Crippen LogP contribution in [0.25, 0.3) is 0 Å². The molecule has 0 aliphatic rings. The first kappa shape index (κ1) is 16.8. The molecule has 1 unspecified atom stereocenters. The first-order chi connectivity index (χ1) is 9.36. The summed E-state index contributed by atoms with van der Waals surface area (Å²) in [6.07, 6.45) is 10.9. The van der Waals surface area contributed by atoms with Crippen LogP contribution in [0, 0.1) is 0 Å². The molecule has 2 heteroatoms. The number of methoxy groups -OCH3 is 1. The topological polar surface area (TPSA) is 9.23 Å². The number of rotatable bonds is 11. The fourth-order valence-electron chi connectivity index (χ4n) is 2.14. The molecule has 19 heavy (non-hydrogen) atoms. The number of unbranched alkanes of at least 4 members (excludes halogenated alkanes) is 6. The van der Waals surface area contributed by atoms with Gasteiger partial charge in [-0.05, 0) is 0 Å². The Hall–Kier alpha value is -0.301. The first-order valence-electron chi connectivity index (χ1n) is 7.61. The molecule has 0 radical (unpaired) electrons. The molecule has 0 aliphatic heterocycles. The van der Waals surface area contributed by atoms with E-state index < -0.39 is 0 Å². The molecule has 1 atom stereocenters. The van der Waals surface area contributed by atoms with E-state index in [1.165, 1.54) is 55.8 Å². The van der Waals surface area contributed by atoms with Crippen molar-refractivity contribution in [1.82, 2.24) is 0 Å². The Bertz CT molecular complexity index is 299. The minimum absolute atomic E-state index is 0.450. The van der Waals surface area contributed by atoms with E-state index in [0.717, 1.165) is 0 Å². The second-order valence-corrected chi connectivity index (χ2v) is 7.59. The van der Waals surface area contributed by atoms with Crippen molar-refractivity contribution in [2.45, 2.75) is 63.3 Å². The molecule has 0 aliphatic carbocycles. The summed E-state index contributed by atoms with van der Waals surface area (Å²) in [7, 11) is 1.86. The molecule has 1 rings (SSSR count). The van der Waals surface area contributed by atoms with Crippen molar-refractivity contribution in [2.24, 2.45) is 0 Å². The van der Waals surface area contributed by atoms with Crippen molar-refractivity contribution in [3.63, 3.8) is 0 Å². The minimum atomic E-state index is 0.450. The Morgan fingerprint density at radius 2 is 1.58 bits per heavy atom. The quantitative estimate of drug-likeness (QED) is 0.439. The van der Waals surface area contributed by atoms with Gasteiger partial charge >= 0.3 is 125 Å². The van der Waals surface area contributed by atoms with Crippen LogP contribution in [0.5, 0.6) is 0 Å². The zero-order chi connectivity index (χ0) is 13.8. The van der Waals surface area contributed by atoms with Crippen LogP contribution in [-0.4, -0.2) is 27.1 Å². The van der Waals surface area contributed by atoms with Crippen LogP contribution in [-0.2, 0) is 4.74 Å². The second kappa shape index (κ2) is 11.5. The maximum absolute atomic E-state index is 5.63. The zero-order valence-electron chi connectivity index (χ0n) is 12.4. The van der Waals surface area contributed by atoms with Crippen molar-refractivity contribution >= 4 is 19.4 Å². The van der Waals surface area contributed by atoms with Gasteiger partial charge in [0.25, 0.3) is 0 Å². The summed E-state index contributed by atoms with van der Waals surface area (Å²) < 4.78 is 7.08. The molecule has 0 spiro atoms. The van der Waals surface area contributed by atoms with Gasteiger partial charge < -0.3 is 0 Å². The van der Waals surface area contributed by atoms with E-state index >= 15 is 0 Å². The van der Waals surface area contributed by atoms with Crippen molar-refractivity contribution in [3.8, 4) is 0 Å². The molecule has 0 saturated heterocycles. The predicted molar refractivity (Wildman–Crippen MR) is 85.2 cm³/mol. The number of ether oxygens (including phenoxy) is 1. The Kier molecular flexibility index (Phi) is 10.2. The van der Waals surface area contributed by atoms with Gasteiger partial charge in [-0.15, -0.1) is 0 Å². The van der Waals surface area contributed by atoms with Gasteiger partial charge in [-0.25, -0.2) is 0 Å². The number of hydrogen-bond acceptors (Lipinski definition) is 1. The van der Waals surface area contributed by atoms with E-state index in [1.807, 2.05) is 7.11 Å². The molecule has 1 aromatic carbocycles. The molecule has 0 bridgehead atoms. The van der Waals surface area contributed by atoms with Gasteiger partial charge in [0.2, 0.25) is 0 Å². The average molecular weight is 327 g/mol. The van der Waals surface area contributed by atoms with Crippen molar-refractivity contribution in [1.29, 1.82) is 0 Å². The third-order valence-electron chi connectivity index (χ3n) is 3.32. The summed E-state index contributed by atoms with van der Waals surface area (Å²) >= 11 is 0.457. The first-order valence-corrected chi connectivity index (χ1v) is 9.46. The van der Waals surface area contributed by atoms with E-state index in [9.17, 15) is 0 Å². The third-order valence-corrected chi connectivity index (χ3v) is 5.91. The van der Waals surface area contributed by atoms with E-state index in [0.29, 0.717) is 20.0 Å². The standard InChI is InChI=1S/C17H28OSe/c1-3-4-5-6-7-8-12-15-17(18-2)19-16-13-10-9-11-14-16/h9-11,13-14,17H,3-8,12,15H2,1-2H3. The molecule has 0 fully saturated rings. The molecule has 108 valence electrons. The monoisotopic (exact) mass is 328 g/mol. The van der Waals surface area contributed by atoms with Gasteiger partial charge in [-0.1, -0.05) is 0 Å². The average Bonchev–Trinajstić information content (AvgIpc) is 2.46. The van der Waals surface area contributed by atoms with Gasteiger partial charge in [-0.2, -0.15) is 0 Å². The third kappa shape index (κ3) is 8.47. The molecule has 0 heterocycles. The molecular weight excluding hydrogens is 299 g/mol. The summed E-state index contributed by atoms with van der Waals surface area (Å²) in [5, 5.41) is 0.450. The molecule has 0 N–H and O–H groups in total. The Morgan fingerprint density at radius 3 is 2.21 bits per heavy atom. The van der Waals surface area contributed by atoms with Crippen LogP contribution in [0.3, 0.4) is 0 Å². The number of benzene rings is 1. The summed E-state index contributed by atoms with van der Waals surface area (Å²) in [6, 6.07) is 10.8. The fraction of sp³-hybridized carbons (Fsp3) is 0.647. The van der Waals surface area contributed by atoms with Crippen LogP contribution in [0.2, 0.25) is 0 Å². The normalized spacial score (nSPS) is 12.5.